The van der Waals surface area contributed by atoms with E-state index in [9.17, 15) is 0 Å². The molecule has 0 unspecified atom stereocenters. The van der Waals surface area contributed by atoms with Crippen molar-refractivity contribution >= 4 is 0 Å². The van der Waals surface area contributed by atoms with Crippen LogP contribution in [-0.2, 0) is 19.5 Å². The average molecular weight is 255 g/mol. The Hall–Kier alpha value is -1.61. The molecular weight excluding hydrogens is 234 g/mol. The highest BCUT2D eigenvalue weighted by atomic mass is 15.3. The van der Waals surface area contributed by atoms with Crippen molar-refractivity contribution in [2.24, 2.45) is 0 Å². The van der Waals surface area contributed by atoms with Crippen LogP contribution in [0.25, 0.3) is 0 Å². The van der Waals surface area contributed by atoms with E-state index in [-0.39, 0.29) is 0 Å². The molecule has 1 heterocycles. The summed E-state index contributed by atoms with van der Waals surface area (Å²) in [4.78, 5) is 0. The lowest BCUT2D eigenvalue weighted by Crippen LogP contribution is -2.16. The van der Waals surface area contributed by atoms with E-state index in [0.717, 1.165) is 25.6 Å². The van der Waals surface area contributed by atoms with Crippen LogP contribution < -0.4 is 5.32 Å². The summed E-state index contributed by atoms with van der Waals surface area (Å²) in [5.74, 6) is 0. The third-order valence-electron chi connectivity index (χ3n) is 3.82. The van der Waals surface area contributed by atoms with Crippen LogP contribution in [0.2, 0.25) is 0 Å². The van der Waals surface area contributed by atoms with E-state index in [1.807, 2.05) is 6.20 Å². The molecule has 1 aromatic carbocycles. The average Bonchev–Trinajstić information content (AvgIpc) is 3.21. The lowest BCUT2D eigenvalue weighted by atomic mass is 10.1. The van der Waals surface area contributed by atoms with E-state index >= 15 is 0 Å². The van der Waals surface area contributed by atoms with Crippen LogP contribution >= 0.6 is 0 Å². The number of hydrogen-bond acceptors (Lipinski definition) is 2. The van der Waals surface area contributed by atoms with Gasteiger partial charge in [0.15, 0.2) is 0 Å². The molecule has 0 bridgehead atoms. The van der Waals surface area contributed by atoms with E-state index in [1.54, 1.807) is 0 Å². The largest absolute Gasteiger partial charge is 0.310 e. The van der Waals surface area contributed by atoms with Crippen LogP contribution in [0, 0.1) is 6.92 Å². The van der Waals surface area contributed by atoms with Gasteiger partial charge in [-0.3, -0.25) is 4.68 Å². The third-order valence-corrected chi connectivity index (χ3v) is 3.82. The summed E-state index contributed by atoms with van der Waals surface area (Å²) >= 11 is 0. The predicted molar refractivity (Wildman–Crippen MR) is 77.0 cm³/mol. The van der Waals surface area contributed by atoms with E-state index in [0.29, 0.717) is 0 Å². The zero-order valence-electron chi connectivity index (χ0n) is 11.5. The molecule has 19 heavy (non-hydrogen) atoms. The van der Waals surface area contributed by atoms with Crippen LogP contribution in [0.5, 0.6) is 0 Å². The monoisotopic (exact) mass is 255 g/mol. The number of nitrogens with zero attached hydrogens (tertiary/aromatic N) is 2. The van der Waals surface area contributed by atoms with Crippen LogP contribution in [-0.4, -0.2) is 15.8 Å². The lowest BCUT2D eigenvalue weighted by molar-refractivity contribution is 0.595. The van der Waals surface area contributed by atoms with E-state index in [1.165, 1.54) is 29.7 Å². The molecule has 0 amide bonds. The Labute approximate surface area is 114 Å². The highest BCUT2D eigenvalue weighted by Gasteiger charge is 2.20. The Morgan fingerprint density at radius 2 is 2.05 bits per heavy atom. The Bertz CT molecular complexity index is 526. The fourth-order valence-corrected chi connectivity index (χ4v) is 2.31. The van der Waals surface area contributed by atoms with Gasteiger partial charge in [-0.1, -0.05) is 30.3 Å². The molecule has 1 aliphatic rings. The first-order chi connectivity index (χ1) is 9.33. The second-order valence-corrected chi connectivity index (χ2v) is 5.37. The summed E-state index contributed by atoms with van der Waals surface area (Å²) in [5.41, 5.74) is 4.00. The number of aryl methyl sites for hydroxylation is 2. The molecule has 3 nitrogen and oxygen atoms in total. The molecule has 0 aliphatic heterocycles. The Morgan fingerprint density at radius 1 is 1.26 bits per heavy atom. The first-order valence-corrected chi connectivity index (χ1v) is 7.11. The van der Waals surface area contributed by atoms with Gasteiger partial charge in [0.1, 0.15) is 0 Å². The zero-order valence-corrected chi connectivity index (χ0v) is 11.5. The third kappa shape index (κ3) is 3.24. The maximum Gasteiger partial charge on any atom is 0.0537 e. The standard InChI is InChI=1S/C16H21N3/c1-13-15(11-17-16-7-8-16)12-18-19(13)10-9-14-5-3-2-4-6-14/h2-6,12,16-17H,7-11H2,1H3. The van der Waals surface area contributed by atoms with Crippen LogP contribution in [0.15, 0.2) is 36.5 Å². The number of rotatable bonds is 6. The summed E-state index contributed by atoms with van der Waals surface area (Å²) in [6.07, 6.45) is 5.72. The quantitative estimate of drug-likeness (QED) is 0.860. The number of nitrogens with one attached hydrogen (secondary N) is 1. The first-order valence-electron chi connectivity index (χ1n) is 7.11. The molecule has 0 atom stereocenters. The van der Waals surface area contributed by atoms with Crippen molar-refractivity contribution in [3.8, 4) is 0 Å². The van der Waals surface area contributed by atoms with Crippen molar-refractivity contribution < 1.29 is 0 Å². The summed E-state index contributed by atoms with van der Waals surface area (Å²) < 4.78 is 2.12. The van der Waals surface area contributed by atoms with Gasteiger partial charge in [0, 0.05) is 30.4 Å². The van der Waals surface area contributed by atoms with Gasteiger partial charge in [-0.2, -0.15) is 5.10 Å². The molecule has 0 saturated heterocycles. The smallest absolute Gasteiger partial charge is 0.0537 e. The fraction of sp³-hybridized carbons (Fsp3) is 0.438. The molecule has 1 aliphatic carbocycles. The van der Waals surface area contributed by atoms with E-state index in [2.05, 4.69) is 52.4 Å². The highest BCUT2D eigenvalue weighted by Crippen LogP contribution is 2.19. The minimum atomic E-state index is 0.757. The topological polar surface area (TPSA) is 29.9 Å². The van der Waals surface area contributed by atoms with Gasteiger partial charge >= 0.3 is 0 Å². The van der Waals surface area contributed by atoms with Crippen molar-refractivity contribution in [2.45, 2.75) is 45.3 Å². The molecule has 1 fully saturated rings. The molecular formula is C16H21N3. The minimum absolute atomic E-state index is 0.757. The van der Waals surface area contributed by atoms with Crippen molar-refractivity contribution in [1.29, 1.82) is 0 Å². The SMILES string of the molecule is Cc1c(CNC2CC2)cnn1CCc1ccccc1. The maximum absolute atomic E-state index is 4.51. The number of benzene rings is 1. The van der Waals surface area contributed by atoms with Gasteiger partial charge in [0.25, 0.3) is 0 Å². The molecule has 1 aromatic heterocycles. The first kappa shape index (κ1) is 12.4. The predicted octanol–water partition coefficient (Wildman–Crippen LogP) is 2.69. The second-order valence-electron chi connectivity index (χ2n) is 5.37. The minimum Gasteiger partial charge on any atom is -0.310 e. The van der Waals surface area contributed by atoms with Gasteiger partial charge in [-0.15, -0.1) is 0 Å². The molecule has 3 rings (SSSR count). The Balaban J connectivity index is 1.58. The zero-order chi connectivity index (χ0) is 13.1. The Morgan fingerprint density at radius 3 is 2.79 bits per heavy atom. The molecule has 1 N–H and O–H groups in total. The molecule has 100 valence electrons. The van der Waals surface area contributed by atoms with Gasteiger partial charge in [-0.25, -0.2) is 0 Å². The van der Waals surface area contributed by atoms with Crippen molar-refractivity contribution in [1.82, 2.24) is 15.1 Å². The van der Waals surface area contributed by atoms with Crippen molar-refractivity contribution in [3.05, 3.63) is 53.3 Å². The van der Waals surface area contributed by atoms with Crippen molar-refractivity contribution in [3.63, 3.8) is 0 Å². The number of aromatic nitrogens is 2. The maximum atomic E-state index is 4.51. The van der Waals surface area contributed by atoms with Crippen LogP contribution in [0.4, 0.5) is 0 Å². The molecule has 0 radical (unpaired) electrons. The van der Waals surface area contributed by atoms with Crippen LogP contribution in [0.1, 0.15) is 29.7 Å². The van der Waals surface area contributed by atoms with Crippen molar-refractivity contribution in [2.75, 3.05) is 0 Å². The second kappa shape index (κ2) is 5.57. The summed E-state index contributed by atoms with van der Waals surface area (Å²) in [7, 11) is 0. The van der Waals surface area contributed by atoms with Gasteiger partial charge < -0.3 is 5.32 Å². The summed E-state index contributed by atoms with van der Waals surface area (Å²) in [5, 5.41) is 8.05. The summed E-state index contributed by atoms with van der Waals surface area (Å²) in [6.45, 7) is 4.09. The molecule has 2 aromatic rings. The van der Waals surface area contributed by atoms with Gasteiger partial charge in [0.05, 0.1) is 6.20 Å². The number of hydrogen-bond donors (Lipinski definition) is 1. The van der Waals surface area contributed by atoms with Gasteiger partial charge in [0.2, 0.25) is 0 Å². The van der Waals surface area contributed by atoms with E-state index in [4.69, 9.17) is 0 Å². The fourth-order valence-electron chi connectivity index (χ4n) is 2.31. The normalized spacial score (nSPS) is 14.8. The Kier molecular flexibility index (Phi) is 3.65. The molecule has 1 saturated carbocycles. The summed E-state index contributed by atoms with van der Waals surface area (Å²) in [6, 6.07) is 11.4. The van der Waals surface area contributed by atoms with Gasteiger partial charge in [-0.05, 0) is 31.7 Å². The van der Waals surface area contributed by atoms with Crippen LogP contribution in [0.3, 0.4) is 0 Å². The lowest BCUT2D eigenvalue weighted by Gasteiger charge is -2.06. The molecule has 3 heteroatoms. The highest BCUT2D eigenvalue weighted by molar-refractivity contribution is 5.18. The molecule has 0 spiro atoms. The van der Waals surface area contributed by atoms with E-state index < -0.39 is 0 Å².